The Labute approximate surface area is 175 Å². The number of fused-ring (bicyclic) bond motifs is 1. The summed E-state index contributed by atoms with van der Waals surface area (Å²) in [5.74, 6) is 0.516. The summed E-state index contributed by atoms with van der Waals surface area (Å²) in [7, 11) is -1.90. The monoisotopic (exact) mass is 429 g/mol. The van der Waals surface area contributed by atoms with Crippen molar-refractivity contribution in [3.05, 3.63) is 53.6 Å². The summed E-state index contributed by atoms with van der Waals surface area (Å²) in [6, 6.07) is 12.4. The largest absolute Gasteiger partial charge is 0.362 e. The molecule has 1 amide bonds. The van der Waals surface area contributed by atoms with Gasteiger partial charge in [0.05, 0.1) is 10.1 Å². The number of hydrogen-bond donors (Lipinski definition) is 1. The smallest absolute Gasteiger partial charge is 0.283 e. The van der Waals surface area contributed by atoms with Crippen LogP contribution in [-0.2, 0) is 21.2 Å². The molecule has 6 nitrogen and oxygen atoms in total. The average Bonchev–Trinajstić information content (AvgIpc) is 3.28. The average molecular weight is 430 g/mol. The quantitative estimate of drug-likeness (QED) is 0.805. The van der Waals surface area contributed by atoms with Crippen LogP contribution in [0.4, 0.5) is 5.69 Å². The van der Waals surface area contributed by atoms with E-state index < -0.39 is 10.0 Å². The van der Waals surface area contributed by atoms with Crippen molar-refractivity contribution in [3.8, 4) is 0 Å². The van der Waals surface area contributed by atoms with Crippen LogP contribution in [0.15, 0.2) is 56.7 Å². The molecule has 0 spiro atoms. The summed E-state index contributed by atoms with van der Waals surface area (Å²) < 4.78 is 29.0. The van der Waals surface area contributed by atoms with Gasteiger partial charge in [0.25, 0.3) is 10.0 Å². The van der Waals surface area contributed by atoms with Gasteiger partial charge in [0.15, 0.2) is 0 Å². The van der Waals surface area contributed by atoms with Crippen LogP contribution in [0.25, 0.3) is 0 Å². The summed E-state index contributed by atoms with van der Waals surface area (Å²) in [6.07, 6.45) is 2.28. The molecule has 1 saturated heterocycles. The first-order valence-electron chi connectivity index (χ1n) is 9.54. The summed E-state index contributed by atoms with van der Waals surface area (Å²) >= 11 is 1.57. The Kier molecular flexibility index (Phi) is 5.40. The van der Waals surface area contributed by atoms with Crippen LogP contribution in [0, 0.1) is 6.92 Å². The molecule has 29 heavy (non-hydrogen) atoms. The van der Waals surface area contributed by atoms with Crippen LogP contribution < -0.4 is 5.32 Å². The number of nitrogens with zero attached hydrogens (tertiary/aromatic N) is 2. The van der Waals surface area contributed by atoms with E-state index in [0.717, 1.165) is 17.9 Å². The van der Waals surface area contributed by atoms with Crippen molar-refractivity contribution in [3.63, 3.8) is 0 Å². The highest BCUT2D eigenvalue weighted by atomic mass is 32.2. The molecule has 2 heterocycles. The van der Waals surface area contributed by atoms with Crippen molar-refractivity contribution in [2.45, 2.75) is 41.2 Å². The first-order valence-corrected chi connectivity index (χ1v) is 11.9. The molecule has 0 aliphatic carbocycles. The second kappa shape index (κ2) is 7.84. The number of anilines is 1. The van der Waals surface area contributed by atoms with Gasteiger partial charge < -0.3 is 10.2 Å². The van der Waals surface area contributed by atoms with Crippen molar-refractivity contribution in [1.82, 2.24) is 4.90 Å². The van der Waals surface area contributed by atoms with Gasteiger partial charge in [-0.2, -0.15) is 8.42 Å². The van der Waals surface area contributed by atoms with Gasteiger partial charge >= 0.3 is 0 Å². The molecule has 0 aromatic heterocycles. The zero-order valence-electron chi connectivity index (χ0n) is 16.4. The van der Waals surface area contributed by atoms with E-state index in [1.807, 2.05) is 18.9 Å². The molecule has 4 rings (SSSR count). The number of amidine groups is 1. The fourth-order valence-corrected chi connectivity index (χ4v) is 5.90. The molecule has 2 aliphatic rings. The zero-order chi connectivity index (χ0) is 20.6. The maximum atomic E-state index is 12.6. The molecule has 1 fully saturated rings. The third kappa shape index (κ3) is 4.33. The van der Waals surface area contributed by atoms with Crippen LogP contribution in [0.2, 0.25) is 0 Å². The topological polar surface area (TPSA) is 78.8 Å². The number of hydrogen-bond acceptors (Lipinski definition) is 4. The summed E-state index contributed by atoms with van der Waals surface area (Å²) in [5, 5.41) is 2.71. The van der Waals surface area contributed by atoms with Crippen LogP contribution >= 0.6 is 11.8 Å². The summed E-state index contributed by atoms with van der Waals surface area (Å²) in [5.41, 5.74) is 2.95. The number of sulfonamides is 1. The number of carbonyl (C=O) groups is 1. The Morgan fingerprint density at radius 3 is 2.66 bits per heavy atom. The van der Waals surface area contributed by atoms with Gasteiger partial charge in [-0.15, -0.1) is 16.2 Å². The molecule has 8 heteroatoms. The van der Waals surface area contributed by atoms with Crippen LogP contribution in [0.3, 0.4) is 0 Å². The van der Waals surface area contributed by atoms with Gasteiger partial charge in [-0.1, -0.05) is 17.7 Å². The van der Waals surface area contributed by atoms with Gasteiger partial charge in [0, 0.05) is 30.6 Å². The third-order valence-electron chi connectivity index (χ3n) is 5.17. The molecule has 0 radical (unpaired) electrons. The van der Waals surface area contributed by atoms with Crippen LogP contribution in [0.1, 0.15) is 24.0 Å². The fraction of sp³-hybridized carbons (Fsp3) is 0.333. The lowest BCUT2D eigenvalue weighted by atomic mass is 10.1. The van der Waals surface area contributed by atoms with Crippen LogP contribution in [-0.4, -0.2) is 43.9 Å². The maximum absolute atomic E-state index is 12.6. The van der Waals surface area contributed by atoms with E-state index in [1.54, 1.807) is 23.9 Å². The van der Waals surface area contributed by atoms with Gasteiger partial charge in [0.1, 0.15) is 5.84 Å². The SMILES string of the molecule is Cc1ccc2c(c1)S[C@@H](C(=O)Nc1ccc(S(=O)(=O)N=C3CCCN3C)cc1)C2. The number of rotatable bonds is 4. The summed E-state index contributed by atoms with van der Waals surface area (Å²) in [4.78, 5) is 15.8. The van der Waals surface area contributed by atoms with Gasteiger partial charge in [-0.25, -0.2) is 0 Å². The number of nitrogens with one attached hydrogen (secondary N) is 1. The molecule has 0 saturated carbocycles. The van der Waals surface area contributed by atoms with E-state index in [2.05, 4.69) is 27.9 Å². The lowest BCUT2D eigenvalue weighted by Crippen LogP contribution is -2.24. The molecular weight excluding hydrogens is 406 g/mol. The number of amides is 1. The first-order chi connectivity index (χ1) is 13.8. The third-order valence-corrected chi connectivity index (χ3v) is 7.79. The predicted molar refractivity (Wildman–Crippen MR) is 116 cm³/mol. The number of benzene rings is 2. The second-order valence-corrected chi connectivity index (χ2v) is 10.3. The second-order valence-electron chi connectivity index (χ2n) is 7.44. The predicted octanol–water partition coefficient (Wildman–Crippen LogP) is 3.46. The van der Waals surface area contributed by atoms with E-state index in [0.29, 0.717) is 24.4 Å². The summed E-state index contributed by atoms with van der Waals surface area (Å²) in [6.45, 7) is 2.86. The van der Waals surface area contributed by atoms with Gasteiger partial charge in [-0.3, -0.25) is 4.79 Å². The Balaban J connectivity index is 1.43. The minimum absolute atomic E-state index is 0.0766. The van der Waals surface area contributed by atoms with E-state index in [-0.39, 0.29) is 16.1 Å². The first kappa shape index (κ1) is 20.0. The fourth-order valence-electron chi connectivity index (χ4n) is 3.52. The Bertz CT molecular complexity index is 1080. The van der Waals surface area contributed by atoms with E-state index in [1.165, 1.54) is 23.3 Å². The Hall–Kier alpha value is -2.32. The Morgan fingerprint density at radius 1 is 1.21 bits per heavy atom. The van der Waals surface area contributed by atoms with Crippen molar-refractivity contribution >= 4 is 39.2 Å². The molecule has 0 unspecified atom stereocenters. The highest BCUT2D eigenvalue weighted by molar-refractivity contribution is 8.01. The van der Waals surface area contributed by atoms with Crippen molar-refractivity contribution < 1.29 is 13.2 Å². The Morgan fingerprint density at radius 2 is 1.97 bits per heavy atom. The number of carbonyl (C=O) groups excluding carboxylic acids is 1. The van der Waals surface area contributed by atoms with E-state index >= 15 is 0 Å². The molecule has 0 bridgehead atoms. The molecular formula is C21H23N3O3S2. The molecule has 1 atom stereocenters. The van der Waals surface area contributed by atoms with Gasteiger partial charge in [-0.05, 0) is 55.7 Å². The minimum Gasteiger partial charge on any atom is -0.362 e. The maximum Gasteiger partial charge on any atom is 0.283 e. The van der Waals surface area contributed by atoms with Crippen molar-refractivity contribution in [1.29, 1.82) is 0 Å². The molecule has 2 aliphatic heterocycles. The number of thioether (sulfide) groups is 1. The highest BCUT2D eigenvalue weighted by Gasteiger charge is 2.28. The lowest BCUT2D eigenvalue weighted by molar-refractivity contribution is -0.115. The lowest BCUT2D eigenvalue weighted by Gasteiger charge is -2.12. The van der Waals surface area contributed by atoms with E-state index in [9.17, 15) is 13.2 Å². The molecule has 2 aromatic carbocycles. The van der Waals surface area contributed by atoms with E-state index in [4.69, 9.17) is 0 Å². The van der Waals surface area contributed by atoms with Crippen molar-refractivity contribution in [2.24, 2.45) is 4.40 Å². The molecule has 1 N–H and O–H groups in total. The standard InChI is InChI=1S/C21H23N3O3S2/c1-14-5-6-15-13-19(28-18(15)12-14)21(25)22-16-7-9-17(10-8-16)29(26,27)23-20-4-3-11-24(20)2/h5-10,12,19H,3-4,11,13H2,1-2H3,(H,22,25)/t19-/m1/s1. The van der Waals surface area contributed by atoms with Gasteiger partial charge in [0.2, 0.25) is 5.91 Å². The molecule has 152 valence electrons. The molecule has 2 aromatic rings. The van der Waals surface area contributed by atoms with Crippen LogP contribution in [0.5, 0.6) is 0 Å². The number of aryl methyl sites for hydroxylation is 1. The number of likely N-dealkylation sites (tertiary alicyclic amines) is 1. The highest BCUT2D eigenvalue weighted by Crippen LogP contribution is 2.38. The van der Waals surface area contributed by atoms with Crippen molar-refractivity contribution in [2.75, 3.05) is 18.9 Å². The minimum atomic E-state index is -3.75. The normalized spacial score (nSPS) is 20.1. The zero-order valence-corrected chi connectivity index (χ0v) is 18.0.